The lowest BCUT2D eigenvalue weighted by Crippen LogP contribution is -2.37. The summed E-state index contributed by atoms with van der Waals surface area (Å²) in [6, 6.07) is 0. The smallest absolute Gasteiger partial charge is 0.409 e. The molecule has 2 aliphatic rings. The quantitative estimate of drug-likeness (QED) is 0.0342. The van der Waals surface area contributed by atoms with E-state index in [1.807, 2.05) is 0 Å². The summed E-state index contributed by atoms with van der Waals surface area (Å²) in [4.78, 5) is 96.5. The number of amides is 1. The standard InChI is InChI=1S/C60H106N2O14/c1-5-9-13-17-21-25-30-55(65)72-45-49(46-73-56(66)31-26-22-18-14-10-6-2)40-53(64)42-51-43-62(60(70)71-39-29-36-61-37-34-52(63)35-38-61)44-54(51)76-59(69)41-50(47-74-57(67)32-27-23-19-15-11-7-3)48-75-58(68)33-28-24-20-16-12-8-4/h49-52,54,63H,5-48H2,1-4H3/t51-,54-/m0/s1. The molecular weight excluding hydrogens is 973 g/mol. The van der Waals surface area contributed by atoms with Crippen molar-refractivity contribution in [1.29, 1.82) is 0 Å². The third-order valence-electron chi connectivity index (χ3n) is 14.6. The van der Waals surface area contributed by atoms with E-state index < -0.39 is 35.9 Å². The van der Waals surface area contributed by atoms with Crippen molar-refractivity contribution < 1.29 is 67.1 Å². The van der Waals surface area contributed by atoms with Crippen molar-refractivity contribution in [2.75, 3.05) is 65.8 Å². The van der Waals surface area contributed by atoms with Crippen LogP contribution in [-0.2, 0) is 57.2 Å². The predicted molar refractivity (Wildman–Crippen MR) is 294 cm³/mol. The van der Waals surface area contributed by atoms with Crippen LogP contribution in [-0.4, -0.2) is 135 Å². The van der Waals surface area contributed by atoms with Gasteiger partial charge in [0.05, 0.1) is 52.1 Å². The number of ketones is 1. The van der Waals surface area contributed by atoms with E-state index in [0.717, 1.165) is 142 Å². The number of likely N-dealkylation sites (tertiary alicyclic amines) is 2. The Bertz CT molecular complexity index is 1410. The van der Waals surface area contributed by atoms with E-state index >= 15 is 0 Å². The third-order valence-corrected chi connectivity index (χ3v) is 14.6. The fraction of sp³-hybridized carbons (Fsp3) is 0.883. The van der Waals surface area contributed by atoms with Crippen molar-refractivity contribution in [2.24, 2.45) is 17.8 Å². The van der Waals surface area contributed by atoms with Gasteiger partial charge in [0.2, 0.25) is 0 Å². The highest BCUT2D eigenvalue weighted by Crippen LogP contribution is 2.27. The van der Waals surface area contributed by atoms with Crippen LogP contribution in [0.25, 0.3) is 0 Å². The number of nitrogens with zero attached hydrogens (tertiary/aromatic N) is 2. The summed E-state index contributed by atoms with van der Waals surface area (Å²) in [7, 11) is 0. The number of hydrogen-bond acceptors (Lipinski definition) is 15. The molecule has 16 heteroatoms. The summed E-state index contributed by atoms with van der Waals surface area (Å²) in [5.41, 5.74) is 0. The van der Waals surface area contributed by atoms with Gasteiger partial charge in [-0.2, -0.15) is 0 Å². The van der Waals surface area contributed by atoms with Crippen LogP contribution in [0.5, 0.6) is 0 Å². The maximum absolute atomic E-state index is 14.1. The maximum atomic E-state index is 14.1. The second-order valence-electron chi connectivity index (χ2n) is 21.9. The molecule has 0 bridgehead atoms. The highest BCUT2D eigenvalue weighted by atomic mass is 16.6. The molecule has 16 nitrogen and oxygen atoms in total. The lowest BCUT2D eigenvalue weighted by atomic mass is 9.94. The molecule has 2 heterocycles. The van der Waals surface area contributed by atoms with Gasteiger partial charge in [0.1, 0.15) is 11.9 Å². The number of piperidine rings is 1. The van der Waals surface area contributed by atoms with Gasteiger partial charge in [-0.1, -0.05) is 156 Å². The van der Waals surface area contributed by atoms with Gasteiger partial charge in [-0.15, -0.1) is 0 Å². The fourth-order valence-corrected chi connectivity index (χ4v) is 9.81. The van der Waals surface area contributed by atoms with Crippen molar-refractivity contribution >= 4 is 41.7 Å². The Morgan fingerprint density at radius 2 is 0.842 bits per heavy atom. The second-order valence-corrected chi connectivity index (χ2v) is 21.9. The predicted octanol–water partition coefficient (Wildman–Crippen LogP) is 12.0. The maximum Gasteiger partial charge on any atom is 0.409 e. The molecule has 2 rings (SSSR count). The normalized spacial score (nSPS) is 16.0. The van der Waals surface area contributed by atoms with Crippen LogP contribution in [0.1, 0.15) is 246 Å². The van der Waals surface area contributed by atoms with Crippen LogP contribution >= 0.6 is 0 Å². The first-order chi connectivity index (χ1) is 36.9. The second kappa shape index (κ2) is 45.1. The summed E-state index contributed by atoms with van der Waals surface area (Å²) < 4.78 is 34.4. The van der Waals surface area contributed by atoms with Crippen molar-refractivity contribution in [3.05, 3.63) is 0 Å². The molecule has 2 fully saturated rings. The minimum absolute atomic E-state index is 0.0206. The zero-order chi connectivity index (χ0) is 55.4. The van der Waals surface area contributed by atoms with Crippen LogP contribution in [0.15, 0.2) is 0 Å². The minimum Gasteiger partial charge on any atom is -0.465 e. The molecular formula is C60H106N2O14. The largest absolute Gasteiger partial charge is 0.465 e. The van der Waals surface area contributed by atoms with Crippen molar-refractivity contribution in [3.8, 4) is 0 Å². The Labute approximate surface area is 458 Å². The Morgan fingerprint density at radius 1 is 0.461 bits per heavy atom. The molecule has 0 aromatic rings. The first-order valence-corrected chi connectivity index (χ1v) is 30.5. The number of rotatable bonds is 47. The first kappa shape index (κ1) is 68.3. The number of esters is 5. The summed E-state index contributed by atoms with van der Waals surface area (Å²) in [5.74, 6) is -4.28. The fourth-order valence-electron chi connectivity index (χ4n) is 9.81. The molecule has 2 saturated heterocycles. The van der Waals surface area contributed by atoms with E-state index in [4.69, 9.17) is 28.4 Å². The molecule has 0 unspecified atom stereocenters. The van der Waals surface area contributed by atoms with Gasteiger partial charge in [0, 0.05) is 82.5 Å². The Balaban J connectivity index is 2.19. The highest BCUT2D eigenvalue weighted by Gasteiger charge is 2.40. The minimum atomic E-state index is -0.890. The molecule has 0 aromatic heterocycles. The molecule has 440 valence electrons. The number of hydrogen-bond donors (Lipinski definition) is 1. The van der Waals surface area contributed by atoms with Crippen LogP contribution in [0, 0.1) is 17.8 Å². The Morgan fingerprint density at radius 3 is 1.25 bits per heavy atom. The SMILES string of the molecule is CCCCCCCCC(=O)OCC(COC(=O)CCCCCCCC)CC(=O)C[C@H]1CN(C(=O)OCCCN2CCC(O)CC2)C[C@@H]1OC(=O)CC(COC(=O)CCCCCCCC)COC(=O)CCCCCCCC. The Kier molecular flexibility index (Phi) is 40.6. The van der Waals surface area contributed by atoms with E-state index in [2.05, 4.69) is 32.6 Å². The van der Waals surface area contributed by atoms with Gasteiger partial charge in [0.25, 0.3) is 0 Å². The molecule has 2 atom stereocenters. The number of carbonyl (C=O) groups excluding carboxylic acids is 7. The zero-order valence-corrected chi connectivity index (χ0v) is 48.1. The van der Waals surface area contributed by atoms with Gasteiger partial charge >= 0.3 is 35.9 Å². The van der Waals surface area contributed by atoms with Crippen molar-refractivity contribution in [2.45, 2.75) is 258 Å². The number of ether oxygens (including phenoxy) is 6. The molecule has 0 radical (unpaired) electrons. The van der Waals surface area contributed by atoms with Gasteiger partial charge in [-0.05, 0) is 44.9 Å². The third kappa shape index (κ3) is 35.6. The lowest BCUT2D eigenvalue weighted by Gasteiger charge is -2.29. The molecule has 0 saturated carbocycles. The monoisotopic (exact) mass is 1080 g/mol. The molecule has 76 heavy (non-hydrogen) atoms. The van der Waals surface area contributed by atoms with Crippen molar-refractivity contribution in [1.82, 2.24) is 9.80 Å². The number of aliphatic hydroxyl groups is 1. The zero-order valence-electron chi connectivity index (χ0n) is 48.1. The lowest BCUT2D eigenvalue weighted by molar-refractivity contribution is -0.158. The van der Waals surface area contributed by atoms with Crippen LogP contribution in [0.3, 0.4) is 0 Å². The van der Waals surface area contributed by atoms with Crippen LogP contribution in [0.2, 0.25) is 0 Å². The number of Topliss-reactive ketones (excluding diaryl/α,β-unsaturated/α-hetero) is 1. The first-order valence-electron chi connectivity index (χ1n) is 30.5. The van der Waals surface area contributed by atoms with Gasteiger partial charge in [-0.3, -0.25) is 28.8 Å². The van der Waals surface area contributed by atoms with E-state index in [9.17, 15) is 38.7 Å². The van der Waals surface area contributed by atoms with Gasteiger partial charge in [-0.25, -0.2) is 4.79 Å². The molecule has 1 amide bonds. The van der Waals surface area contributed by atoms with E-state index in [0.29, 0.717) is 51.5 Å². The number of unbranched alkanes of at least 4 members (excludes halogenated alkanes) is 20. The van der Waals surface area contributed by atoms with E-state index in [-0.39, 0.29) is 127 Å². The summed E-state index contributed by atoms with van der Waals surface area (Å²) in [6.07, 6.45) is 25.2. The summed E-state index contributed by atoms with van der Waals surface area (Å²) in [6.45, 7) is 10.6. The topological polar surface area (TPSA) is 202 Å². The molecule has 1 N–H and O–H groups in total. The molecule has 0 aliphatic carbocycles. The van der Waals surface area contributed by atoms with E-state index in [1.165, 1.54) is 4.90 Å². The highest BCUT2D eigenvalue weighted by molar-refractivity contribution is 5.80. The summed E-state index contributed by atoms with van der Waals surface area (Å²) >= 11 is 0. The van der Waals surface area contributed by atoms with Gasteiger partial charge < -0.3 is 43.3 Å². The number of carbonyl (C=O) groups is 7. The van der Waals surface area contributed by atoms with Gasteiger partial charge in [0.15, 0.2) is 0 Å². The van der Waals surface area contributed by atoms with E-state index in [1.54, 1.807) is 0 Å². The average molecular weight is 1080 g/mol. The van der Waals surface area contributed by atoms with Crippen molar-refractivity contribution in [3.63, 3.8) is 0 Å². The summed E-state index contributed by atoms with van der Waals surface area (Å²) in [5, 5.41) is 9.89. The Hall–Kier alpha value is -3.79. The number of aliphatic hydroxyl groups excluding tert-OH is 1. The van der Waals surface area contributed by atoms with Crippen LogP contribution < -0.4 is 0 Å². The average Bonchev–Trinajstić information content (AvgIpc) is 3.79. The van der Waals surface area contributed by atoms with Crippen LogP contribution in [0.4, 0.5) is 4.79 Å². The molecule has 2 aliphatic heterocycles. The molecule has 0 aromatic carbocycles. The molecule has 0 spiro atoms.